The molecule has 1 rings (SSSR count). The third-order valence-corrected chi connectivity index (χ3v) is 2.80. The summed E-state index contributed by atoms with van der Waals surface area (Å²) in [6.07, 6.45) is 2.13. The molecule has 0 bridgehead atoms. The van der Waals surface area contributed by atoms with Crippen molar-refractivity contribution in [2.75, 3.05) is 19.5 Å². The van der Waals surface area contributed by atoms with Crippen LogP contribution >= 0.6 is 0 Å². The lowest BCUT2D eigenvalue weighted by Gasteiger charge is -2.09. The van der Waals surface area contributed by atoms with Crippen LogP contribution in [0.15, 0.2) is 0 Å². The van der Waals surface area contributed by atoms with Crippen molar-refractivity contribution in [2.24, 2.45) is 0 Å². The number of hydrogen-bond donors (Lipinski definition) is 1. The lowest BCUT2D eigenvalue weighted by molar-refractivity contribution is 0.0595. The molecule has 1 aromatic rings. The summed E-state index contributed by atoms with van der Waals surface area (Å²) in [5.41, 5.74) is 6.10. The summed E-state index contributed by atoms with van der Waals surface area (Å²) in [7, 11) is 1.32. The Hall–Kier alpha value is -1.56. The van der Waals surface area contributed by atoms with E-state index in [4.69, 9.17) is 10.5 Å². The molecule has 1 aromatic heterocycles. The van der Waals surface area contributed by atoms with Crippen molar-refractivity contribution in [3.63, 3.8) is 0 Å². The van der Waals surface area contributed by atoms with Crippen LogP contribution in [0.25, 0.3) is 0 Å². The Balaban J connectivity index is 2.54. The van der Waals surface area contributed by atoms with Crippen molar-refractivity contribution in [1.82, 2.24) is 9.55 Å². The highest BCUT2D eigenvalue weighted by molar-refractivity contribution is 5.92. The molecule has 0 aliphatic carbocycles. The normalized spacial score (nSPS) is 11.0. The highest BCUT2D eigenvalue weighted by atomic mass is 16.5. The maximum absolute atomic E-state index is 11.5. The number of ether oxygens (including phenoxy) is 2. The number of rotatable bonds is 7. The number of anilines is 1. The van der Waals surface area contributed by atoms with Gasteiger partial charge in [-0.3, -0.25) is 0 Å². The van der Waals surface area contributed by atoms with Gasteiger partial charge in [-0.2, -0.15) is 0 Å². The number of nitrogens with zero attached hydrogens (tertiary/aromatic N) is 2. The van der Waals surface area contributed by atoms with E-state index in [2.05, 4.69) is 9.72 Å². The number of unbranched alkanes of at least 4 members (excludes halogenated alkanes) is 1. The van der Waals surface area contributed by atoms with Crippen molar-refractivity contribution in [3.8, 4) is 0 Å². The first-order chi connectivity index (χ1) is 8.97. The molecule has 0 atom stereocenters. The molecule has 0 aliphatic heterocycles. The van der Waals surface area contributed by atoms with E-state index in [1.54, 1.807) is 0 Å². The SMILES string of the molecule is COC(=O)c1nc(C)n(CCCCOC(C)C)c1N. The summed E-state index contributed by atoms with van der Waals surface area (Å²) in [6, 6.07) is 0. The first kappa shape index (κ1) is 15.5. The molecule has 108 valence electrons. The molecule has 6 nitrogen and oxygen atoms in total. The van der Waals surface area contributed by atoms with Gasteiger partial charge in [0.05, 0.1) is 13.2 Å². The number of hydrogen-bond acceptors (Lipinski definition) is 5. The second kappa shape index (κ2) is 7.13. The third kappa shape index (κ3) is 4.24. The maximum Gasteiger partial charge on any atom is 0.360 e. The Morgan fingerprint density at radius 2 is 2.11 bits per heavy atom. The van der Waals surface area contributed by atoms with Crippen LogP contribution in [0.1, 0.15) is 43.0 Å². The molecule has 2 N–H and O–H groups in total. The molecule has 0 amide bonds. The van der Waals surface area contributed by atoms with Crippen molar-refractivity contribution in [1.29, 1.82) is 0 Å². The highest BCUT2D eigenvalue weighted by Crippen LogP contribution is 2.16. The molecule has 0 saturated heterocycles. The first-order valence-corrected chi connectivity index (χ1v) is 6.49. The monoisotopic (exact) mass is 269 g/mol. The summed E-state index contributed by atoms with van der Waals surface area (Å²) in [6.45, 7) is 7.31. The molecule has 0 aromatic carbocycles. The number of aryl methyl sites for hydroxylation is 1. The minimum atomic E-state index is -0.498. The minimum absolute atomic E-state index is 0.193. The Bertz CT molecular complexity index is 427. The van der Waals surface area contributed by atoms with E-state index in [9.17, 15) is 4.79 Å². The number of carbonyl (C=O) groups excluding carboxylic acids is 1. The summed E-state index contributed by atoms with van der Waals surface area (Å²) >= 11 is 0. The largest absolute Gasteiger partial charge is 0.464 e. The summed E-state index contributed by atoms with van der Waals surface area (Å²) in [5.74, 6) is 0.597. The Morgan fingerprint density at radius 1 is 1.42 bits per heavy atom. The number of nitrogen functional groups attached to an aromatic ring is 1. The molecule has 0 unspecified atom stereocenters. The predicted octanol–water partition coefficient (Wildman–Crippen LogP) is 1.77. The standard InChI is InChI=1S/C13H23N3O3/c1-9(2)19-8-6-5-7-16-10(3)15-11(12(16)14)13(17)18-4/h9H,5-8,14H2,1-4H3. The first-order valence-electron chi connectivity index (χ1n) is 6.49. The van der Waals surface area contributed by atoms with Gasteiger partial charge >= 0.3 is 5.97 Å². The van der Waals surface area contributed by atoms with Crippen LogP contribution in [-0.4, -0.2) is 35.3 Å². The molecule has 0 saturated carbocycles. The Kier molecular flexibility index (Phi) is 5.82. The van der Waals surface area contributed by atoms with E-state index in [1.165, 1.54) is 7.11 Å². The van der Waals surface area contributed by atoms with Crippen LogP contribution < -0.4 is 5.73 Å². The second-order valence-corrected chi connectivity index (χ2v) is 4.66. The van der Waals surface area contributed by atoms with Gasteiger partial charge in [0.15, 0.2) is 5.69 Å². The lowest BCUT2D eigenvalue weighted by Crippen LogP contribution is -2.10. The van der Waals surface area contributed by atoms with Gasteiger partial charge in [-0.1, -0.05) is 0 Å². The number of esters is 1. The minimum Gasteiger partial charge on any atom is -0.464 e. The molecular formula is C13H23N3O3. The number of imidazole rings is 1. The molecule has 0 aliphatic rings. The zero-order valence-electron chi connectivity index (χ0n) is 12.1. The van der Waals surface area contributed by atoms with Gasteiger partial charge < -0.3 is 19.8 Å². The van der Waals surface area contributed by atoms with E-state index in [0.29, 0.717) is 5.82 Å². The fourth-order valence-corrected chi connectivity index (χ4v) is 1.80. The Labute approximate surface area is 113 Å². The lowest BCUT2D eigenvalue weighted by atomic mass is 10.3. The highest BCUT2D eigenvalue weighted by Gasteiger charge is 2.18. The number of methoxy groups -OCH3 is 1. The number of carbonyl (C=O) groups is 1. The average molecular weight is 269 g/mol. The van der Waals surface area contributed by atoms with Gasteiger partial charge in [-0.15, -0.1) is 0 Å². The van der Waals surface area contributed by atoms with Crippen LogP contribution in [-0.2, 0) is 16.0 Å². The van der Waals surface area contributed by atoms with Crippen LogP contribution in [0.3, 0.4) is 0 Å². The van der Waals surface area contributed by atoms with Crippen molar-refractivity contribution >= 4 is 11.8 Å². The van der Waals surface area contributed by atoms with Gasteiger partial charge in [0, 0.05) is 13.2 Å². The van der Waals surface area contributed by atoms with Crippen molar-refractivity contribution in [2.45, 2.75) is 46.3 Å². The molecular weight excluding hydrogens is 246 g/mol. The zero-order valence-corrected chi connectivity index (χ0v) is 12.1. The fraction of sp³-hybridized carbons (Fsp3) is 0.692. The average Bonchev–Trinajstić information content (AvgIpc) is 2.64. The zero-order chi connectivity index (χ0) is 14.4. The van der Waals surface area contributed by atoms with Gasteiger partial charge in [0.2, 0.25) is 0 Å². The van der Waals surface area contributed by atoms with Crippen LogP contribution in [0, 0.1) is 6.92 Å². The third-order valence-electron chi connectivity index (χ3n) is 2.80. The van der Waals surface area contributed by atoms with Crippen LogP contribution in [0.5, 0.6) is 0 Å². The molecule has 19 heavy (non-hydrogen) atoms. The number of nitrogens with two attached hydrogens (primary N) is 1. The van der Waals surface area contributed by atoms with Gasteiger partial charge in [-0.05, 0) is 33.6 Å². The number of aromatic nitrogens is 2. The van der Waals surface area contributed by atoms with Crippen LogP contribution in [0.2, 0.25) is 0 Å². The summed E-state index contributed by atoms with van der Waals surface area (Å²) in [5, 5.41) is 0. The smallest absolute Gasteiger partial charge is 0.360 e. The summed E-state index contributed by atoms with van der Waals surface area (Å²) < 4.78 is 11.9. The second-order valence-electron chi connectivity index (χ2n) is 4.66. The van der Waals surface area contributed by atoms with Crippen molar-refractivity contribution < 1.29 is 14.3 Å². The van der Waals surface area contributed by atoms with Crippen molar-refractivity contribution in [3.05, 3.63) is 11.5 Å². The molecule has 0 spiro atoms. The quantitative estimate of drug-likeness (QED) is 0.602. The topological polar surface area (TPSA) is 79.4 Å². The maximum atomic E-state index is 11.5. The van der Waals surface area contributed by atoms with E-state index in [1.807, 2.05) is 25.3 Å². The summed E-state index contributed by atoms with van der Waals surface area (Å²) in [4.78, 5) is 15.6. The Morgan fingerprint density at radius 3 is 2.68 bits per heavy atom. The van der Waals surface area contributed by atoms with Gasteiger partial charge in [0.1, 0.15) is 11.6 Å². The van der Waals surface area contributed by atoms with Gasteiger partial charge in [0.25, 0.3) is 0 Å². The van der Waals surface area contributed by atoms with E-state index < -0.39 is 5.97 Å². The molecule has 6 heteroatoms. The molecule has 0 radical (unpaired) electrons. The van der Waals surface area contributed by atoms with E-state index in [-0.39, 0.29) is 11.8 Å². The van der Waals surface area contributed by atoms with E-state index >= 15 is 0 Å². The van der Waals surface area contributed by atoms with Crippen LogP contribution in [0.4, 0.5) is 5.82 Å². The predicted molar refractivity (Wildman–Crippen MR) is 73.0 cm³/mol. The molecule has 1 heterocycles. The van der Waals surface area contributed by atoms with Gasteiger partial charge in [-0.25, -0.2) is 9.78 Å². The van der Waals surface area contributed by atoms with E-state index in [0.717, 1.165) is 31.8 Å². The molecule has 0 fully saturated rings. The fourth-order valence-electron chi connectivity index (χ4n) is 1.80.